The number of hydrogen-bond acceptors (Lipinski definition) is 5. The van der Waals surface area contributed by atoms with Gasteiger partial charge in [0.1, 0.15) is 10.9 Å². The Morgan fingerprint density at radius 3 is 2.86 bits per heavy atom. The Balaban J connectivity index is 2.07. The summed E-state index contributed by atoms with van der Waals surface area (Å²) >= 11 is 1.53. The Hall–Kier alpha value is -2.08. The zero-order valence-electron chi connectivity index (χ0n) is 11.8. The quantitative estimate of drug-likeness (QED) is 0.940. The predicted molar refractivity (Wildman–Crippen MR) is 79.4 cm³/mol. The van der Waals surface area contributed by atoms with Gasteiger partial charge >= 0.3 is 5.97 Å². The number of para-hydroxylation sites is 1. The fourth-order valence-corrected chi connectivity index (χ4v) is 3.80. The normalized spacial score (nSPS) is 16.6. The van der Waals surface area contributed by atoms with Crippen molar-refractivity contribution in [1.82, 2.24) is 4.98 Å². The first kappa shape index (κ1) is 13.9. The minimum absolute atomic E-state index is 0.485. The molecule has 1 heterocycles. The molecule has 0 amide bonds. The summed E-state index contributed by atoms with van der Waals surface area (Å²) in [4.78, 5) is 16.9. The summed E-state index contributed by atoms with van der Waals surface area (Å²) in [6, 6.07) is 5.60. The van der Waals surface area contributed by atoms with Gasteiger partial charge in [0.25, 0.3) is 0 Å². The molecule has 0 bridgehead atoms. The van der Waals surface area contributed by atoms with Crippen LogP contribution in [0.15, 0.2) is 18.2 Å². The number of benzene rings is 1. The number of aliphatic carboxylic acids is 1. The van der Waals surface area contributed by atoms with Crippen LogP contribution in [0.3, 0.4) is 0 Å². The number of carbonyl (C=O) groups is 1. The van der Waals surface area contributed by atoms with E-state index in [1.165, 1.54) is 11.3 Å². The van der Waals surface area contributed by atoms with Gasteiger partial charge in [0, 0.05) is 4.88 Å². The molecule has 0 saturated heterocycles. The third-order valence-corrected chi connectivity index (χ3v) is 4.81. The van der Waals surface area contributed by atoms with E-state index in [1.807, 2.05) is 18.2 Å². The number of carboxylic acid groups (broad SMARTS) is 1. The lowest BCUT2D eigenvalue weighted by Crippen LogP contribution is -2.08. The molecule has 0 spiro atoms. The van der Waals surface area contributed by atoms with E-state index in [0.29, 0.717) is 23.6 Å². The van der Waals surface area contributed by atoms with Crippen molar-refractivity contribution in [3.05, 3.63) is 28.8 Å². The van der Waals surface area contributed by atoms with E-state index in [9.17, 15) is 9.90 Å². The number of aromatic nitrogens is 1. The Bertz CT molecular complexity index is 695. The van der Waals surface area contributed by atoms with Crippen molar-refractivity contribution in [2.75, 3.05) is 14.2 Å². The van der Waals surface area contributed by atoms with Crippen LogP contribution >= 0.6 is 11.3 Å². The minimum Gasteiger partial charge on any atom is -0.493 e. The maximum absolute atomic E-state index is 11.3. The van der Waals surface area contributed by atoms with Crippen LogP contribution in [-0.2, 0) is 11.2 Å². The van der Waals surface area contributed by atoms with Crippen LogP contribution in [0.5, 0.6) is 11.5 Å². The van der Waals surface area contributed by atoms with Crippen LogP contribution in [0.2, 0.25) is 0 Å². The van der Waals surface area contributed by atoms with Gasteiger partial charge in [-0.05, 0) is 25.0 Å². The van der Waals surface area contributed by atoms with Gasteiger partial charge in [-0.15, -0.1) is 11.3 Å². The predicted octanol–water partition coefficient (Wildman–Crippen LogP) is 2.94. The van der Waals surface area contributed by atoms with Crippen LogP contribution in [-0.4, -0.2) is 30.3 Å². The van der Waals surface area contributed by atoms with E-state index in [4.69, 9.17) is 9.47 Å². The summed E-state index contributed by atoms with van der Waals surface area (Å²) in [5.74, 6) is -0.0238. The average Bonchev–Trinajstić information content (AvgIpc) is 3.05. The first-order chi connectivity index (χ1) is 10.2. The van der Waals surface area contributed by atoms with Crippen LogP contribution in [0.25, 0.3) is 10.6 Å². The number of thiazole rings is 1. The summed E-state index contributed by atoms with van der Waals surface area (Å²) in [6.07, 6.45) is 1.41. The Morgan fingerprint density at radius 2 is 2.19 bits per heavy atom. The molecule has 6 heteroatoms. The van der Waals surface area contributed by atoms with Crippen LogP contribution in [0, 0.1) is 0 Å². The molecule has 1 aliphatic carbocycles. The molecule has 1 unspecified atom stereocenters. The molecule has 1 aromatic carbocycles. The molecular weight excluding hydrogens is 290 g/mol. The Morgan fingerprint density at radius 1 is 1.38 bits per heavy atom. The first-order valence-electron chi connectivity index (χ1n) is 6.59. The van der Waals surface area contributed by atoms with E-state index in [-0.39, 0.29) is 0 Å². The number of nitrogens with zero attached hydrogens (tertiary/aromatic N) is 1. The van der Waals surface area contributed by atoms with Gasteiger partial charge in [0.2, 0.25) is 0 Å². The summed E-state index contributed by atoms with van der Waals surface area (Å²) in [6.45, 7) is 0. The number of hydrogen-bond donors (Lipinski definition) is 1. The fraction of sp³-hybridized carbons (Fsp3) is 0.333. The standard InChI is InChI=1S/C15H15NO4S/c1-19-10-5-3-4-9(13(10)20-2)14-16-12-8(15(17)18)6-7-11(12)21-14/h3-5,8H,6-7H2,1-2H3,(H,17,18). The monoisotopic (exact) mass is 305 g/mol. The maximum atomic E-state index is 11.3. The lowest BCUT2D eigenvalue weighted by atomic mass is 10.1. The van der Waals surface area contributed by atoms with E-state index < -0.39 is 11.9 Å². The molecule has 0 aliphatic heterocycles. The first-order valence-corrected chi connectivity index (χ1v) is 7.41. The highest BCUT2D eigenvalue weighted by atomic mass is 32.1. The molecule has 1 atom stereocenters. The van der Waals surface area contributed by atoms with E-state index >= 15 is 0 Å². The van der Waals surface area contributed by atoms with Gasteiger partial charge in [-0.1, -0.05) is 6.07 Å². The highest BCUT2D eigenvalue weighted by Gasteiger charge is 2.33. The molecule has 3 rings (SSSR count). The third-order valence-electron chi connectivity index (χ3n) is 3.65. The highest BCUT2D eigenvalue weighted by molar-refractivity contribution is 7.15. The van der Waals surface area contributed by atoms with Crippen molar-refractivity contribution in [2.24, 2.45) is 0 Å². The molecule has 0 radical (unpaired) electrons. The van der Waals surface area contributed by atoms with Crippen molar-refractivity contribution in [2.45, 2.75) is 18.8 Å². The molecular formula is C15H15NO4S. The van der Waals surface area contributed by atoms with Crippen LogP contribution < -0.4 is 9.47 Å². The number of fused-ring (bicyclic) bond motifs is 1. The topological polar surface area (TPSA) is 68.7 Å². The smallest absolute Gasteiger partial charge is 0.312 e. The molecule has 1 N–H and O–H groups in total. The average molecular weight is 305 g/mol. The number of ether oxygens (including phenoxy) is 2. The van der Waals surface area contributed by atoms with E-state index in [1.54, 1.807) is 14.2 Å². The molecule has 21 heavy (non-hydrogen) atoms. The molecule has 5 nitrogen and oxygen atoms in total. The molecule has 0 fully saturated rings. The van der Waals surface area contributed by atoms with Crippen molar-refractivity contribution in [1.29, 1.82) is 0 Å². The molecule has 1 aliphatic rings. The van der Waals surface area contributed by atoms with Crippen molar-refractivity contribution < 1.29 is 19.4 Å². The number of rotatable bonds is 4. The highest BCUT2D eigenvalue weighted by Crippen LogP contribution is 2.44. The van der Waals surface area contributed by atoms with Crippen molar-refractivity contribution in [3.8, 4) is 22.1 Å². The third kappa shape index (κ3) is 2.25. The second kappa shape index (κ2) is 5.37. The van der Waals surface area contributed by atoms with Gasteiger partial charge < -0.3 is 14.6 Å². The van der Waals surface area contributed by atoms with E-state index in [0.717, 1.165) is 21.9 Å². The van der Waals surface area contributed by atoms with Crippen molar-refractivity contribution in [3.63, 3.8) is 0 Å². The maximum Gasteiger partial charge on any atom is 0.312 e. The minimum atomic E-state index is -0.803. The Kier molecular flexibility index (Phi) is 3.55. The summed E-state index contributed by atoms with van der Waals surface area (Å²) in [5, 5.41) is 10.0. The SMILES string of the molecule is COc1cccc(-c2nc3c(s2)CCC3C(=O)O)c1OC. The lowest BCUT2D eigenvalue weighted by Gasteiger charge is -2.10. The fourth-order valence-electron chi connectivity index (χ4n) is 2.64. The summed E-state index contributed by atoms with van der Waals surface area (Å²) < 4.78 is 10.7. The number of carboxylic acids is 1. The zero-order chi connectivity index (χ0) is 15.0. The van der Waals surface area contributed by atoms with Gasteiger partial charge in [-0.3, -0.25) is 4.79 Å². The van der Waals surface area contributed by atoms with Crippen LogP contribution in [0.1, 0.15) is 22.9 Å². The number of methoxy groups -OCH3 is 2. The molecule has 0 saturated carbocycles. The summed E-state index contributed by atoms with van der Waals surface area (Å²) in [5.41, 5.74) is 1.53. The summed E-state index contributed by atoms with van der Waals surface area (Å²) in [7, 11) is 3.17. The second-order valence-corrected chi connectivity index (χ2v) is 5.88. The van der Waals surface area contributed by atoms with Gasteiger partial charge in [-0.25, -0.2) is 4.98 Å². The second-order valence-electron chi connectivity index (χ2n) is 4.80. The van der Waals surface area contributed by atoms with Gasteiger partial charge in [0.15, 0.2) is 11.5 Å². The number of aryl methyl sites for hydroxylation is 1. The lowest BCUT2D eigenvalue weighted by molar-refractivity contribution is -0.138. The Labute approximate surface area is 126 Å². The zero-order valence-corrected chi connectivity index (χ0v) is 12.6. The molecule has 110 valence electrons. The molecule has 2 aromatic rings. The van der Waals surface area contributed by atoms with Gasteiger partial charge in [0.05, 0.1) is 25.5 Å². The van der Waals surface area contributed by atoms with E-state index in [2.05, 4.69) is 4.98 Å². The van der Waals surface area contributed by atoms with Crippen LogP contribution in [0.4, 0.5) is 0 Å². The van der Waals surface area contributed by atoms with Crippen molar-refractivity contribution >= 4 is 17.3 Å². The largest absolute Gasteiger partial charge is 0.493 e. The van der Waals surface area contributed by atoms with Gasteiger partial charge in [-0.2, -0.15) is 0 Å². The molecule has 1 aromatic heterocycles.